The number of ether oxygens (including phenoxy) is 1. The zero-order valence-electron chi connectivity index (χ0n) is 13.5. The van der Waals surface area contributed by atoms with Crippen LogP contribution in [-0.4, -0.2) is 31.4 Å². The molecule has 0 aliphatic carbocycles. The third kappa shape index (κ3) is 5.37. The van der Waals surface area contributed by atoms with Gasteiger partial charge in [0.15, 0.2) is 0 Å². The van der Waals surface area contributed by atoms with Crippen molar-refractivity contribution in [3.63, 3.8) is 0 Å². The van der Waals surface area contributed by atoms with Gasteiger partial charge in [-0.1, -0.05) is 20.8 Å². The zero-order valence-corrected chi connectivity index (χ0v) is 13.5. The number of nitrogens with zero attached hydrogens (tertiary/aromatic N) is 1. The van der Waals surface area contributed by atoms with Crippen LogP contribution in [0.3, 0.4) is 0 Å². The number of aliphatic imine (C=N–C) groups is 1. The highest BCUT2D eigenvalue weighted by molar-refractivity contribution is 5.97. The normalized spacial score (nSPS) is 13.7. The molecule has 1 amide bonds. The van der Waals surface area contributed by atoms with Gasteiger partial charge in [-0.15, -0.1) is 0 Å². The lowest BCUT2D eigenvalue weighted by atomic mass is 9.81. The Morgan fingerprint density at radius 3 is 2.27 bits per heavy atom. The summed E-state index contributed by atoms with van der Waals surface area (Å²) >= 11 is 0. The van der Waals surface area contributed by atoms with Gasteiger partial charge in [-0.05, 0) is 29.7 Å². The van der Waals surface area contributed by atoms with Crippen molar-refractivity contribution < 1.29 is 9.53 Å². The fraction of sp³-hybridized carbons (Fsp3) is 0.500. The highest BCUT2D eigenvalue weighted by atomic mass is 16.5. The van der Waals surface area contributed by atoms with Crippen molar-refractivity contribution in [3.05, 3.63) is 29.8 Å². The molecule has 0 aliphatic heterocycles. The Bertz CT molecular complexity index is 518. The second-order valence-corrected chi connectivity index (χ2v) is 6.21. The highest BCUT2D eigenvalue weighted by Gasteiger charge is 2.30. The summed E-state index contributed by atoms with van der Waals surface area (Å²) in [6, 6.07) is 7.23. The molecule has 0 aromatic heterocycles. The van der Waals surface area contributed by atoms with E-state index in [1.807, 2.05) is 32.9 Å². The number of amides is 1. The summed E-state index contributed by atoms with van der Waals surface area (Å²) in [5, 5.41) is 0. The number of rotatable bonds is 7. The number of amidine groups is 1. The van der Waals surface area contributed by atoms with Crippen molar-refractivity contribution in [2.24, 2.45) is 33.5 Å². The van der Waals surface area contributed by atoms with E-state index in [9.17, 15) is 4.79 Å². The van der Waals surface area contributed by atoms with Gasteiger partial charge in [0.2, 0.25) is 5.91 Å². The number of hydrogen-bond acceptors (Lipinski definition) is 4. The number of primary amides is 1. The Morgan fingerprint density at radius 2 is 1.82 bits per heavy atom. The van der Waals surface area contributed by atoms with E-state index in [0.717, 1.165) is 5.56 Å². The Balaban J connectivity index is 2.70. The van der Waals surface area contributed by atoms with Crippen LogP contribution in [0.25, 0.3) is 0 Å². The molecule has 0 heterocycles. The number of carbonyl (C=O) groups is 1. The summed E-state index contributed by atoms with van der Waals surface area (Å²) in [6.07, 6.45) is 0. The van der Waals surface area contributed by atoms with Crippen LogP contribution in [0.15, 0.2) is 29.3 Å². The Hall–Kier alpha value is -2.08. The molecule has 6 nitrogen and oxygen atoms in total. The first-order valence-electron chi connectivity index (χ1n) is 7.28. The standard InChI is InChI=1S/C16H26N4O2/c1-16(2,3)13(15(19)21)10-22-12-6-4-11(5-7-12)14(18)20-9-8-17/h4-7,13H,8-10,17H2,1-3H3,(H2,18,20)(H2,19,21)/t13-/m0/s1. The molecule has 0 bridgehead atoms. The molecule has 6 N–H and O–H groups in total. The van der Waals surface area contributed by atoms with Crippen LogP contribution in [-0.2, 0) is 4.79 Å². The van der Waals surface area contributed by atoms with Crippen molar-refractivity contribution in [3.8, 4) is 5.75 Å². The summed E-state index contributed by atoms with van der Waals surface area (Å²) in [4.78, 5) is 15.7. The topological polar surface area (TPSA) is 117 Å². The summed E-state index contributed by atoms with van der Waals surface area (Å²) in [6.45, 7) is 7.09. The molecule has 122 valence electrons. The Labute approximate surface area is 131 Å². The quantitative estimate of drug-likeness (QED) is 0.512. The molecule has 1 aromatic rings. The van der Waals surface area contributed by atoms with Crippen LogP contribution in [0.2, 0.25) is 0 Å². The zero-order chi connectivity index (χ0) is 16.8. The lowest BCUT2D eigenvalue weighted by Crippen LogP contribution is -2.38. The van der Waals surface area contributed by atoms with E-state index in [4.69, 9.17) is 21.9 Å². The van der Waals surface area contributed by atoms with Crippen molar-refractivity contribution in [1.82, 2.24) is 0 Å². The predicted molar refractivity (Wildman–Crippen MR) is 88.7 cm³/mol. The predicted octanol–water partition coefficient (Wildman–Crippen LogP) is 0.877. The lowest BCUT2D eigenvalue weighted by molar-refractivity contribution is -0.126. The van der Waals surface area contributed by atoms with Gasteiger partial charge in [-0.25, -0.2) is 0 Å². The molecule has 6 heteroatoms. The van der Waals surface area contributed by atoms with Crippen molar-refractivity contribution in [2.45, 2.75) is 20.8 Å². The molecule has 0 radical (unpaired) electrons. The van der Waals surface area contributed by atoms with Gasteiger partial charge < -0.3 is 21.9 Å². The van der Waals surface area contributed by atoms with Crippen LogP contribution in [0, 0.1) is 11.3 Å². The fourth-order valence-corrected chi connectivity index (χ4v) is 1.94. The minimum Gasteiger partial charge on any atom is -0.493 e. The van der Waals surface area contributed by atoms with Crippen LogP contribution >= 0.6 is 0 Å². The first-order chi connectivity index (χ1) is 10.3. The highest BCUT2D eigenvalue weighted by Crippen LogP contribution is 2.26. The van der Waals surface area contributed by atoms with Gasteiger partial charge in [0.05, 0.1) is 12.5 Å². The monoisotopic (exact) mass is 306 g/mol. The average molecular weight is 306 g/mol. The van der Waals surface area contributed by atoms with Crippen LogP contribution in [0.4, 0.5) is 0 Å². The van der Waals surface area contributed by atoms with Gasteiger partial charge in [0.25, 0.3) is 0 Å². The maximum Gasteiger partial charge on any atom is 0.224 e. The van der Waals surface area contributed by atoms with Crippen LogP contribution in [0.1, 0.15) is 26.3 Å². The van der Waals surface area contributed by atoms with Crippen molar-refractivity contribution in [2.75, 3.05) is 19.7 Å². The van der Waals surface area contributed by atoms with Crippen LogP contribution in [0.5, 0.6) is 5.75 Å². The largest absolute Gasteiger partial charge is 0.493 e. The van der Waals surface area contributed by atoms with E-state index in [1.54, 1.807) is 12.1 Å². The van der Waals surface area contributed by atoms with Crippen molar-refractivity contribution >= 4 is 11.7 Å². The molecule has 1 rings (SSSR count). The van der Waals surface area contributed by atoms with E-state index >= 15 is 0 Å². The average Bonchev–Trinajstić information content (AvgIpc) is 2.43. The van der Waals surface area contributed by atoms with Gasteiger partial charge in [-0.3, -0.25) is 9.79 Å². The van der Waals surface area contributed by atoms with E-state index < -0.39 is 0 Å². The molecule has 0 spiro atoms. The third-order valence-corrected chi connectivity index (χ3v) is 3.37. The second kappa shape index (κ2) is 7.79. The third-order valence-electron chi connectivity index (χ3n) is 3.37. The maximum atomic E-state index is 11.5. The molecule has 0 saturated carbocycles. The number of carbonyl (C=O) groups excluding carboxylic acids is 1. The Kier molecular flexibility index (Phi) is 6.37. The number of benzene rings is 1. The van der Waals surface area contributed by atoms with Gasteiger partial charge in [0, 0.05) is 12.1 Å². The van der Waals surface area contributed by atoms with E-state index in [-0.39, 0.29) is 23.8 Å². The van der Waals surface area contributed by atoms with E-state index in [1.165, 1.54) is 0 Å². The summed E-state index contributed by atoms with van der Waals surface area (Å²) < 4.78 is 5.67. The minimum atomic E-state index is -0.359. The first-order valence-corrected chi connectivity index (χ1v) is 7.28. The fourth-order valence-electron chi connectivity index (χ4n) is 1.94. The number of nitrogens with two attached hydrogens (primary N) is 3. The SMILES string of the molecule is CC(C)(C)[C@@H](COc1ccc(C(N)=NCCN)cc1)C(N)=O. The summed E-state index contributed by atoms with van der Waals surface area (Å²) in [5.74, 6) is 0.387. The molecule has 1 atom stereocenters. The molecular formula is C16H26N4O2. The smallest absolute Gasteiger partial charge is 0.224 e. The number of hydrogen-bond donors (Lipinski definition) is 3. The minimum absolute atomic E-state index is 0.245. The van der Waals surface area contributed by atoms with E-state index in [2.05, 4.69) is 4.99 Å². The second-order valence-electron chi connectivity index (χ2n) is 6.21. The lowest BCUT2D eigenvalue weighted by Gasteiger charge is -2.27. The van der Waals surface area contributed by atoms with Gasteiger partial charge in [0.1, 0.15) is 18.2 Å². The van der Waals surface area contributed by atoms with E-state index in [0.29, 0.717) is 24.7 Å². The molecule has 0 saturated heterocycles. The molecule has 22 heavy (non-hydrogen) atoms. The summed E-state index contributed by atoms with van der Waals surface area (Å²) in [7, 11) is 0. The molecule has 0 aliphatic rings. The summed E-state index contributed by atoms with van der Waals surface area (Å²) in [5.41, 5.74) is 17.2. The van der Waals surface area contributed by atoms with Gasteiger partial charge in [-0.2, -0.15) is 0 Å². The molecular weight excluding hydrogens is 280 g/mol. The molecule has 0 unspecified atom stereocenters. The molecule has 0 fully saturated rings. The van der Waals surface area contributed by atoms with Crippen molar-refractivity contribution in [1.29, 1.82) is 0 Å². The maximum absolute atomic E-state index is 11.5. The first kappa shape index (κ1) is 18.0. The Morgan fingerprint density at radius 1 is 1.23 bits per heavy atom. The van der Waals surface area contributed by atoms with Gasteiger partial charge >= 0.3 is 0 Å². The van der Waals surface area contributed by atoms with Crippen LogP contribution < -0.4 is 21.9 Å². The molecule has 1 aromatic carbocycles.